The fourth-order valence-corrected chi connectivity index (χ4v) is 0.743. The van der Waals surface area contributed by atoms with Crippen LogP contribution >= 0.6 is 0 Å². The first kappa shape index (κ1) is 10.7. The largest absolute Gasteiger partial charge is 0.359 e. The first-order valence-corrected chi connectivity index (χ1v) is 3.77. The maximum atomic E-state index is 10.9. The van der Waals surface area contributed by atoms with Crippen molar-refractivity contribution in [1.82, 2.24) is 10.2 Å². The molecule has 0 radical (unpaired) electrons. The zero-order valence-electron chi connectivity index (χ0n) is 7.25. The highest BCUT2D eigenvalue weighted by atomic mass is 16.2. The van der Waals surface area contributed by atoms with E-state index in [0.717, 1.165) is 6.42 Å². The molecule has 0 rings (SSSR count). The van der Waals surface area contributed by atoms with Gasteiger partial charge in [-0.2, -0.15) is 0 Å². The van der Waals surface area contributed by atoms with Crippen molar-refractivity contribution < 1.29 is 9.59 Å². The van der Waals surface area contributed by atoms with Gasteiger partial charge in [-0.1, -0.05) is 6.58 Å². The van der Waals surface area contributed by atoms with Gasteiger partial charge >= 0.3 is 0 Å². The van der Waals surface area contributed by atoms with Gasteiger partial charge in [0.05, 0.1) is 0 Å². The monoisotopic (exact) mass is 170 g/mol. The van der Waals surface area contributed by atoms with Crippen molar-refractivity contribution in [3.63, 3.8) is 0 Å². The van der Waals surface area contributed by atoms with E-state index in [1.807, 2.05) is 0 Å². The predicted molar refractivity (Wildman–Crippen MR) is 46.5 cm³/mol. The molecule has 0 heterocycles. The number of nitrogens with zero attached hydrogens (tertiary/aromatic N) is 1. The molecule has 2 amide bonds. The van der Waals surface area contributed by atoms with Crippen LogP contribution in [0.3, 0.4) is 0 Å². The molecule has 1 N–H and O–H groups in total. The lowest BCUT2D eigenvalue weighted by Crippen LogP contribution is -2.28. The van der Waals surface area contributed by atoms with Gasteiger partial charge < -0.3 is 10.2 Å². The second-order valence-electron chi connectivity index (χ2n) is 2.39. The van der Waals surface area contributed by atoms with Crippen LogP contribution in [-0.4, -0.2) is 37.4 Å². The van der Waals surface area contributed by atoms with E-state index < -0.39 is 0 Å². The molecule has 12 heavy (non-hydrogen) atoms. The van der Waals surface area contributed by atoms with Crippen molar-refractivity contribution in [2.24, 2.45) is 0 Å². The molecule has 0 aromatic heterocycles. The maximum absolute atomic E-state index is 10.9. The second kappa shape index (κ2) is 6.39. The zero-order valence-corrected chi connectivity index (χ0v) is 7.25. The Balaban J connectivity index is 3.42. The van der Waals surface area contributed by atoms with Crippen molar-refractivity contribution >= 4 is 12.3 Å². The van der Waals surface area contributed by atoms with Crippen LogP contribution in [0, 0.1) is 0 Å². The summed E-state index contributed by atoms with van der Waals surface area (Å²) in [6.07, 6.45) is 2.68. The Morgan fingerprint density at radius 1 is 1.67 bits per heavy atom. The highest BCUT2D eigenvalue weighted by molar-refractivity contribution is 5.86. The first-order chi connectivity index (χ1) is 5.72. The Labute approximate surface area is 72.2 Å². The topological polar surface area (TPSA) is 49.4 Å². The second-order valence-corrected chi connectivity index (χ2v) is 2.39. The van der Waals surface area contributed by atoms with E-state index in [1.165, 1.54) is 6.08 Å². The summed E-state index contributed by atoms with van der Waals surface area (Å²) >= 11 is 0. The Morgan fingerprint density at radius 3 is 2.83 bits per heavy atom. The summed E-state index contributed by atoms with van der Waals surface area (Å²) in [6.45, 7) is 4.59. The van der Waals surface area contributed by atoms with E-state index in [9.17, 15) is 9.59 Å². The molecule has 0 bridgehead atoms. The molecule has 0 aliphatic rings. The van der Waals surface area contributed by atoms with Crippen LogP contribution in [0.4, 0.5) is 0 Å². The number of amides is 2. The summed E-state index contributed by atoms with van der Waals surface area (Å²) in [5.74, 6) is -0.0962. The average Bonchev–Trinajstić information content (AvgIpc) is 2.10. The summed E-state index contributed by atoms with van der Waals surface area (Å²) < 4.78 is 0. The Morgan fingerprint density at radius 2 is 2.33 bits per heavy atom. The van der Waals surface area contributed by atoms with Gasteiger partial charge in [0.15, 0.2) is 0 Å². The van der Waals surface area contributed by atoms with Gasteiger partial charge in [-0.05, 0) is 12.5 Å². The molecule has 0 aliphatic heterocycles. The van der Waals surface area contributed by atoms with Gasteiger partial charge in [-0.3, -0.25) is 9.59 Å². The zero-order chi connectivity index (χ0) is 9.40. The molecule has 0 atom stereocenters. The van der Waals surface area contributed by atoms with Gasteiger partial charge in [-0.25, -0.2) is 0 Å². The van der Waals surface area contributed by atoms with Gasteiger partial charge in [0.25, 0.3) is 0 Å². The molecule has 0 aromatic rings. The molecule has 4 nitrogen and oxygen atoms in total. The molecule has 0 unspecified atom stereocenters. The van der Waals surface area contributed by atoms with Crippen molar-refractivity contribution in [2.75, 3.05) is 20.1 Å². The summed E-state index contributed by atoms with van der Waals surface area (Å²) in [4.78, 5) is 22.3. The van der Waals surface area contributed by atoms with Crippen LogP contribution in [0.2, 0.25) is 0 Å². The number of carbonyl (C=O) groups excluding carboxylic acids is 2. The van der Waals surface area contributed by atoms with Crippen LogP contribution < -0.4 is 5.32 Å². The van der Waals surface area contributed by atoms with Crippen LogP contribution in [0.5, 0.6) is 0 Å². The third-order valence-electron chi connectivity index (χ3n) is 1.45. The summed E-state index contributed by atoms with van der Waals surface area (Å²) in [6, 6.07) is 0. The molecular weight excluding hydrogens is 156 g/mol. The molecule has 0 saturated carbocycles. The molecular formula is C8H14N2O2. The van der Waals surface area contributed by atoms with E-state index in [-0.39, 0.29) is 5.91 Å². The summed E-state index contributed by atoms with van der Waals surface area (Å²) in [5, 5.41) is 2.52. The Bertz CT molecular complexity index is 168. The lowest BCUT2D eigenvalue weighted by atomic mass is 10.4. The quantitative estimate of drug-likeness (QED) is 0.340. The Kier molecular flexibility index (Phi) is 5.69. The van der Waals surface area contributed by atoms with Crippen LogP contribution in [0.15, 0.2) is 12.7 Å². The molecule has 68 valence electrons. The van der Waals surface area contributed by atoms with Crippen LogP contribution in [0.25, 0.3) is 0 Å². The standard InChI is InChI=1S/C8H14N2O2/c1-3-8(12)10(2)6-4-5-9-7-11/h3,7H,1,4-6H2,2H3,(H,9,11). The number of carbonyl (C=O) groups is 2. The van der Waals surface area contributed by atoms with Gasteiger partial charge in [0.1, 0.15) is 0 Å². The highest BCUT2D eigenvalue weighted by Gasteiger charge is 2.01. The first-order valence-electron chi connectivity index (χ1n) is 3.77. The van der Waals surface area contributed by atoms with Gasteiger partial charge in [-0.15, -0.1) is 0 Å². The van der Waals surface area contributed by atoms with Crippen LogP contribution in [-0.2, 0) is 9.59 Å². The van der Waals surface area contributed by atoms with Crippen LogP contribution in [0.1, 0.15) is 6.42 Å². The predicted octanol–water partition coefficient (Wildman–Crippen LogP) is -0.233. The molecule has 0 fully saturated rings. The summed E-state index contributed by atoms with van der Waals surface area (Å²) in [7, 11) is 1.70. The average molecular weight is 170 g/mol. The van der Waals surface area contributed by atoms with Crippen molar-refractivity contribution in [1.29, 1.82) is 0 Å². The molecule has 0 aliphatic carbocycles. The Hall–Kier alpha value is -1.32. The molecule has 0 aromatic carbocycles. The molecule has 4 heteroatoms. The van der Waals surface area contributed by atoms with Crippen molar-refractivity contribution in [2.45, 2.75) is 6.42 Å². The SMILES string of the molecule is C=CC(=O)N(C)CCCNC=O. The number of rotatable bonds is 6. The number of nitrogens with one attached hydrogen (secondary N) is 1. The van der Waals surface area contributed by atoms with E-state index in [0.29, 0.717) is 19.5 Å². The van der Waals surface area contributed by atoms with Gasteiger partial charge in [0.2, 0.25) is 12.3 Å². The fraction of sp³-hybridized carbons (Fsp3) is 0.500. The fourth-order valence-electron chi connectivity index (χ4n) is 0.743. The van der Waals surface area contributed by atoms with Crippen molar-refractivity contribution in [3.8, 4) is 0 Å². The van der Waals surface area contributed by atoms with E-state index in [1.54, 1.807) is 11.9 Å². The van der Waals surface area contributed by atoms with Gasteiger partial charge in [0, 0.05) is 20.1 Å². The number of likely N-dealkylation sites (N-methyl/N-ethyl adjacent to an activating group) is 1. The number of hydrogen-bond donors (Lipinski definition) is 1. The number of hydrogen-bond acceptors (Lipinski definition) is 2. The lowest BCUT2D eigenvalue weighted by molar-refractivity contribution is -0.124. The van der Waals surface area contributed by atoms with E-state index in [2.05, 4.69) is 11.9 Å². The lowest BCUT2D eigenvalue weighted by Gasteiger charge is -2.13. The van der Waals surface area contributed by atoms with Crippen molar-refractivity contribution in [3.05, 3.63) is 12.7 Å². The minimum atomic E-state index is -0.0962. The minimum Gasteiger partial charge on any atom is -0.359 e. The third-order valence-corrected chi connectivity index (χ3v) is 1.45. The smallest absolute Gasteiger partial charge is 0.245 e. The normalized spacial score (nSPS) is 8.75. The van der Waals surface area contributed by atoms with E-state index in [4.69, 9.17) is 0 Å². The molecule has 0 spiro atoms. The third kappa shape index (κ3) is 4.49. The molecule has 0 saturated heterocycles. The maximum Gasteiger partial charge on any atom is 0.245 e. The minimum absolute atomic E-state index is 0.0962. The van der Waals surface area contributed by atoms with E-state index >= 15 is 0 Å². The summed E-state index contributed by atoms with van der Waals surface area (Å²) in [5.41, 5.74) is 0. The highest BCUT2D eigenvalue weighted by Crippen LogP contribution is 1.87.